The fourth-order valence-electron chi connectivity index (χ4n) is 0.967. The van der Waals surface area contributed by atoms with Gasteiger partial charge in [0.15, 0.2) is 0 Å². The van der Waals surface area contributed by atoms with E-state index < -0.39 is 6.36 Å². The lowest BCUT2D eigenvalue weighted by Crippen LogP contribution is -2.21. The summed E-state index contributed by atoms with van der Waals surface area (Å²) in [6.07, 6.45) is -4.72. The van der Waals surface area contributed by atoms with E-state index in [0.717, 1.165) is 12.1 Å². The Labute approximate surface area is 94.5 Å². The van der Waals surface area contributed by atoms with Crippen molar-refractivity contribution < 1.29 is 17.9 Å². The number of hydrogen-bond donors (Lipinski definition) is 2. The van der Waals surface area contributed by atoms with E-state index >= 15 is 0 Å². The molecule has 0 aromatic heterocycles. The maximum atomic E-state index is 11.8. The molecular weight excluding hydrogens is 237 g/mol. The van der Waals surface area contributed by atoms with E-state index in [1.807, 2.05) is 0 Å². The van der Waals surface area contributed by atoms with Crippen LogP contribution in [-0.4, -0.2) is 12.3 Å². The van der Waals surface area contributed by atoms with Gasteiger partial charge < -0.3 is 15.8 Å². The summed E-state index contributed by atoms with van der Waals surface area (Å²) in [7, 11) is 0. The first-order valence-electron chi connectivity index (χ1n) is 4.23. The van der Waals surface area contributed by atoms with E-state index in [1.165, 1.54) is 12.1 Å². The van der Waals surface area contributed by atoms with Gasteiger partial charge in [0, 0.05) is 5.69 Å². The number of guanidine groups is 1. The van der Waals surface area contributed by atoms with Crippen LogP contribution in [0.15, 0.2) is 29.4 Å². The highest BCUT2D eigenvalue weighted by Gasteiger charge is 2.30. The van der Waals surface area contributed by atoms with Crippen LogP contribution in [0.5, 0.6) is 5.75 Å². The van der Waals surface area contributed by atoms with Gasteiger partial charge in [0.2, 0.25) is 0 Å². The van der Waals surface area contributed by atoms with Crippen molar-refractivity contribution in [3.8, 4) is 5.75 Å². The summed E-state index contributed by atoms with van der Waals surface area (Å²) < 4.78 is 39.2. The van der Waals surface area contributed by atoms with E-state index in [-0.39, 0.29) is 11.7 Å². The molecule has 5 nitrogen and oxygen atoms in total. The van der Waals surface area contributed by atoms with Crippen LogP contribution in [0.25, 0.3) is 4.95 Å². The van der Waals surface area contributed by atoms with Gasteiger partial charge in [0.25, 0.3) is 5.96 Å². The number of nitrogens with two attached hydrogens (primary N) is 1. The van der Waals surface area contributed by atoms with Crippen molar-refractivity contribution >= 4 is 11.6 Å². The number of alkyl halides is 3. The third-order valence-corrected chi connectivity index (χ3v) is 1.52. The number of nitrogens with zero attached hydrogens (tertiary/aromatic N) is 2. The van der Waals surface area contributed by atoms with Gasteiger partial charge in [-0.05, 0) is 24.3 Å². The van der Waals surface area contributed by atoms with Gasteiger partial charge in [0.05, 0.1) is 0 Å². The monoisotopic (exact) mass is 244 g/mol. The molecule has 90 valence electrons. The summed E-state index contributed by atoms with van der Waals surface area (Å²) in [6, 6.07) is 4.85. The molecule has 0 aliphatic heterocycles. The SMILES string of the molecule is [C-]#[N+]N=C(N)Nc1ccc(OC(F)(F)F)cc1. The van der Waals surface area contributed by atoms with E-state index in [9.17, 15) is 13.2 Å². The van der Waals surface area contributed by atoms with Gasteiger partial charge in [0.1, 0.15) is 10.9 Å². The van der Waals surface area contributed by atoms with Crippen LogP contribution in [0.3, 0.4) is 0 Å². The Balaban J connectivity index is 2.69. The topological polar surface area (TPSA) is 64.0 Å². The molecule has 0 spiro atoms. The molecule has 0 unspecified atom stereocenters. The highest BCUT2D eigenvalue weighted by Crippen LogP contribution is 2.23. The van der Waals surface area contributed by atoms with Crippen LogP contribution in [0.1, 0.15) is 0 Å². The average Bonchev–Trinajstić information content (AvgIpc) is 2.19. The summed E-state index contributed by atoms with van der Waals surface area (Å²) in [5, 5.41) is 5.68. The van der Waals surface area contributed by atoms with Crippen LogP contribution >= 0.6 is 0 Å². The summed E-state index contributed by atoms with van der Waals surface area (Å²) in [5.41, 5.74) is 5.66. The number of anilines is 1. The molecule has 0 fully saturated rings. The molecule has 0 heterocycles. The van der Waals surface area contributed by atoms with E-state index in [0.29, 0.717) is 5.69 Å². The molecule has 0 aliphatic rings. The van der Waals surface area contributed by atoms with Gasteiger partial charge in [-0.2, -0.15) is 6.57 Å². The zero-order chi connectivity index (χ0) is 12.9. The Morgan fingerprint density at radius 2 is 1.94 bits per heavy atom. The zero-order valence-electron chi connectivity index (χ0n) is 8.32. The van der Waals surface area contributed by atoms with Gasteiger partial charge in [-0.3, -0.25) is 0 Å². The summed E-state index contributed by atoms with van der Waals surface area (Å²) in [5.74, 6) is -0.492. The molecule has 0 bridgehead atoms. The number of nitrogens with one attached hydrogen (secondary N) is 1. The fourth-order valence-corrected chi connectivity index (χ4v) is 0.967. The molecule has 3 N–H and O–H groups in total. The van der Waals surface area contributed by atoms with Crippen molar-refractivity contribution in [3.05, 3.63) is 35.8 Å². The van der Waals surface area contributed by atoms with Gasteiger partial charge in [-0.1, -0.05) is 0 Å². The van der Waals surface area contributed by atoms with Crippen LogP contribution in [0.2, 0.25) is 0 Å². The quantitative estimate of drug-likeness (QED) is 0.362. The second-order valence-corrected chi connectivity index (χ2v) is 2.78. The van der Waals surface area contributed by atoms with Crippen molar-refractivity contribution in [2.75, 3.05) is 5.32 Å². The molecule has 1 rings (SSSR count). The predicted octanol–water partition coefficient (Wildman–Crippen LogP) is 2.15. The zero-order valence-corrected chi connectivity index (χ0v) is 8.32. The van der Waals surface area contributed by atoms with Gasteiger partial charge >= 0.3 is 6.36 Å². The number of ether oxygens (including phenoxy) is 1. The molecule has 17 heavy (non-hydrogen) atoms. The average molecular weight is 244 g/mol. The highest BCUT2D eigenvalue weighted by atomic mass is 19.4. The largest absolute Gasteiger partial charge is 0.573 e. The van der Waals surface area contributed by atoms with Crippen molar-refractivity contribution in [2.24, 2.45) is 10.8 Å². The second-order valence-electron chi connectivity index (χ2n) is 2.78. The standard InChI is InChI=1S/C9H7F3N4O/c1-14-16-8(13)15-6-2-4-7(5-3-6)17-9(10,11)12/h2-5H,(H3,13,15,16). The van der Waals surface area contributed by atoms with Crippen molar-refractivity contribution in [1.82, 2.24) is 0 Å². The molecule has 0 aliphatic carbocycles. The summed E-state index contributed by atoms with van der Waals surface area (Å²) >= 11 is 0. The Hall–Kier alpha value is -2.43. The number of halogens is 3. The van der Waals surface area contributed by atoms with Crippen molar-refractivity contribution in [2.45, 2.75) is 6.36 Å². The number of rotatable bonds is 2. The smallest absolute Gasteiger partial charge is 0.406 e. The Morgan fingerprint density at radius 3 is 2.41 bits per heavy atom. The molecule has 0 radical (unpaired) electrons. The van der Waals surface area contributed by atoms with Crippen molar-refractivity contribution in [1.29, 1.82) is 0 Å². The normalized spacial score (nSPS) is 11.8. The predicted molar refractivity (Wildman–Crippen MR) is 55.0 cm³/mol. The minimum atomic E-state index is -4.72. The second kappa shape index (κ2) is 5.07. The van der Waals surface area contributed by atoms with Gasteiger partial charge in [-0.15, -0.1) is 18.1 Å². The molecule has 8 heteroatoms. The minimum absolute atomic E-state index is 0.149. The summed E-state index contributed by atoms with van der Waals surface area (Å²) in [6.45, 7) is 6.40. The number of benzene rings is 1. The lowest BCUT2D eigenvalue weighted by Gasteiger charge is -2.09. The van der Waals surface area contributed by atoms with Crippen LogP contribution in [0, 0.1) is 6.57 Å². The van der Waals surface area contributed by atoms with Crippen LogP contribution in [0.4, 0.5) is 18.9 Å². The molecule has 0 saturated carbocycles. The lowest BCUT2D eigenvalue weighted by atomic mass is 10.3. The fraction of sp³-hybridized carbons (Fsp3) is 0.111. The molecular formula is C9H7F3N4O. The summed E-state index contributed by atoms with van der Waals surface area (Å²) in [4.78, 5) is 2.67. The minimum Gasteiger partial charge on any atom is -0.406 e. The Kier molecular flexibility index (Phi) is 3.77. The number of hydrogen-bond acceptors (Lipinski definition) is 2. The molecule has 1 aromatic carbocycles. The first-order chi connectivity index (χ1) is 7.90. The van der Waals surface area contributed by atoms with E-state index in [2.05, 4.69) is 20.1 Å². The van der Waals surface area contributed by atoms with Crippen LogP contribution in [-0.2, 0) is 0 Å². The molecule has 0 amide bonds. The van der Waals surface area contributed by atoms with E-state index in [1.54, 1.807) is 0 Å². The Bertz CT molecular complexity index is 447. The first kappa shape index (κ1) is 12.6. The first-order valence-corrected chi connectivity index (χ1v) is 4.23. The molecule has 0 saturated heterocycles. The third kappa shape index (κ3) is 4.74. The van der Waals surface area contributed by atoms with E-state index in [4.69, 9.17) is 12.3 Å². The maximum Gasteiger partial charge on any atom is 0.573 e. The molecule has 0 atom stereocenters. The lowest BCUT2D eigenvalue weighted by molar-refractivity contribution is -0.274. The highest BCUT2D eigenvalue weighted by molar-refractivity contribution is 5.92. The molecule has 1 aromatic rings. The maximum absolute atomic E-state index is 11.8. The van der Waals surface area contributed by atoms with Gasteiger partial charge in [-0.25, -0.2) is 0 Å². The third-order valence-electron chi connectivity index (χ3n) is 1.52. The van der Waals surface area contributed by atoms with Crippen molar-refractivity contribution in [3.63, 3.8) is 0 Å². The Morgan fingerprint density at radius 1 is 1.35 bits per heavy atom. The van der Waals surface area contributed by atoms with Crippen LogP contribution < -0.4 is 15.8 Å².